The van der Waals surface area contributed by atoms with E-state index in [4.69, 9.17) is 9.84 Å². The minimum atomic E-state index is -0.686. The Labute approximate surface area is 142 Å². The quantitative estimate of drug-likeness (QED) is 0.917. The van der Waals surface area contributed by atoms with Gasteiger partial charge in [-0.15, -0.1) is 0 Å². The molecule has 24 heavy (non-hydrogen) atoms. The first-order chi connectivity index (χ1) is 11.5. The molecule has 1 unspecified atom stereocenters. The average Bonchev–Trinajstić information content (AvgIpc) is 2.91. The van der Waals surface area contributed by atoms with Crippen molar-refractivity contribution in [1.29, 1.82) is 0 Å². The number of hydrogen-bond acceptors (Lipinski definition) is 3. The van der Waals surface area contributed by atoms with Crippen LogP contribution in [-0.2, 0) is 16.1 Å². The maximum atomic E-state index is 12.4. The Kier molecular flexibility index (Phi) is 4.78. The summed E-state index contributed by atoms with van der Waals surface area (Å²) in [6, 6.07) is 9.78. The van der Waals surface area contributed by atoms with Crippen LogP contribution in [0.5, 0.6) is 0 Å². The van der Waals surface area contributed by atoms with Crippen molar-refractivity contribution in [2.24, 2.45) is 11.3 Å². The molecule has 0 bridgehead atoms. The van der Waals surface area contributed by atoms with Gasteiger partial charge in [-0.3, -0.25) is 4.79 Å². The Bertz CT molecular complexity index is 593. The number of hydrogen-bond donors (Lipinski definition) is 1. The van der Waals surface area contributed by atoms with Gasteiger partial charge in [-0.05, 0) is 50.0 Å². The van der Waals surface area contributed by atoms with Crippen LogP contribution in [0.3, 0.4) is 0 Å². The van der Waals surface area contributed by atoms with Crippen LogP contribution >= 0.6 is 0 Å². The zero-order valence-electron chi connectivity index (χ0n) is 14.1. The summed E-state index contributed by atoms with van der Waals surface area (Å²) in [4.78, 5) is 25.4. The molecule has 1 heterocycles. The lowest BCUT2D eigenvalue weighted by atomic mass is 9.66. The van der Waals surface area contributed by atoms with Crippen LogP contribution in [-0.4, -0.2) is 34.7 Å². The van der Waals surface area contributed by atoms with Crippen molar-refractivity contribution >= 4 is 12.1 Å². The zero-order valence-corrected chi connectivity index (χ0v) is 14.1. The Hall–Kier alpha value is -2.04. The molecule has 1 saturated heterocycles. The highest BCUT2D eigenvalue weighted by atomic mass is 16.6. The summed E-state index contributed by atoms with van der Waals surface area (Å²) < 4.78 is 5.47. The van der Waals surface area contributed by atoms with Gasteiger partial charge in [0.2, 0.25) is 0 Å². The van der Waals surface area contributed by atoms with Crippen molar-refractivity contribution < 1.29 is 19.4 Å². The second-order valence-electron chi connectivity index (χ2n) is 7.13. The van der Waals surface area contributed by atoms with Gasteiger partial charge in [0.05, 0.1) is 5.92 Å². The van der Waals surface area contributed by atoms with Crippen LogP contribution < -0.4 is 0 Å². The summed E-state index contributed by atoms with van der Waals surface area (Å²) in [6.07, 6.45) is 3.88. The number of benzene rings is 1. The van der Waals surface area contributed by atoms with Crippen molar-refractivity contribution in [2.75, 3.05) is 6.54 Å². The molecule has 1 aliphatic heterocycles. The number of rotatable bonds is 3. The fourth-order valence-electron chi connectivity index (χ4n) is 4.24. The molecule has 5 heteroatoms. The van der Waals surface area contributed by atoms with Crippen molar-refractivity contribution in [3.05, 3.63) is 35.9 Å². The smallest absolute Gasteiger partial charge is 0.410 e. The lowest BCUT2D eigenvalue weighted by Gasteiger charge is -2.40. The van der Waals surface area contributed by atoms with Crippen LogP contribution in [0, 0.1) is 11.3 Å². The first-order valence-corrected chi connectivity index (χ1v) is 8.72. The van der Waals surface area contributed by atoms with Crippen LogP contribution in [0.25, 0.3) is 0 Å². The van der Waals surface area contributed by atoms with Gasteiger partial charge < -0.3 is 14.7 Å². The van der Waals surface area contributed by atoms with E-state index in [1.807, 2.05) is 35.2 Å². The van der Waals surface area contributed by atoms with E-state index in [-0.39, 0.29) is 30.1 Å². The van der Waals surface area contributed by atoms with E-state index in [2.05, 4.69) is 6.92 Å². The molecular weight excluding hydrogens is 306 g/mol. The Morgan fingerprint density at radius 1 is 1.21 bits per heavy atom. The molecule has 5 nitrogen and oxygen atoms in total. The normalized spacial score (nSPS) is 29.6. The summed E-state index contributed by atoms with van der Waals surface area (Å²) in [7, 11) is 0. The lowest BCUT2D eigenvalue weighted by molar-refractivity contribution is -0.143. The van der Waals surface area contributed by atoms with Gasteiger partial charge in [-0.2, -0.15) is 0 Å². The molecule has 1 spiro atoms. The molecule has 1 amide bonds. The predicted molar refractivity (Wildman–Crippen MR) is 89.4 cm³/mol. The number of carboxylic acids is 1. The summed E-state index contributed by atoms with van der Waals surface area (Å²) >= 11 is 0. The topological polar surface area (TPSA) is 66.8 Å². The molecule has 2 aliphatic rings. The first-order valence-electron chi connectivity index (χ1n) is 8.72. The summed E-state index contributed by atoms with van der Waals surface area (Å²) in [6.45, 7) is 3.07. The first kappa shape index (κ1) is 16.8. The minimum absolute atomic E-state index is 0.0672. The van der Waals surface area contributed by atoms with Crippen molar-refractivity contribution in [1.82, 2.24) is 4.90 Å². The van der Waals surface area contributed by atoms with Crippen LogP contribution in [0.4, 0.5) is 4.79 Å². The van der Waals surface area contributed by atoms with Gasteiger partial charge >= 0.3 is 12.1 Å². The van der Waals surface area contributed by atoms with E-state index in [1.165, 1.54) is 0 Å². The highest BCUT2D eigenvalue weighted by Crippen LogP contribution is 2.49. The molecule has 0 radical (unpaired) electrons. The summed E-state index contributed by atoms with van der Waals surface area (Å²) in [5.41, 5.74) is 1.05. The van der Waals surface area contributed by atoms with E-state index in [0.717, 1.165) is 24.8 Å². The number of carboxylic acid groups (broad SMARTS) is 1. The third-order valence-corrected chi connectivity index (χ3v) is 5.97. The van der Waals surface area contributed by atoms with Crippen molar-refractivity contribution in [3.8, 4) is 0 Å². The number of nitrogens with zero attached hydrogens (tertiary/aromatic N) is 1. The minimum Gasteiger partial charge on any atom is -0.481 e. The molecule has 1 aromatic rings. The van der Waals surface area contributed by atoms with Gasteiger partial charge in [0, 0.05) is 12.6 Å². The highest BCUT2D eigenvalue weighted by molar-refractivity contribution is 5.70. The van der Waals surface area contributed by atoms with E-state index in [9.17, 15) is 9.59 Å². The molecular formula is C19H25NO4. The van der Waals surface area contributed by atoms with Gasteiger partial charge in [-0.25, -0.2) is 4.79 Å². The fourth-order valence-corrected chi connectivity index (χ4v) is 4.24. The van der Waals surface area contributed by atoms with Crippen LogP contribution in [0.15, 0.2) is 30.3 Å². The number of likely N-dealkylation sites (tertiary alicyclic amines) is 1. The van der Waals surface area contributed by atoms with E-state index in [0.29, 0.717) is 19.4 Å². The second-order valence-corrected chi connectivity index (χ2v) is 7.13. The molecule has 1 aliphatic carbocycles. The van der Waals surface area contributed by atoms with Gasteiger partial charge in [0.1, 0.15) is 6.61 Å². The van der Waals surface area contributed by atoms with Crippen molar-refractivity contribution in [2.45, 2.75) is 51.7 Å². The number of ether oxygens (including phenoxy) is 1. The van der Waals surface area contributed by atoms with E-state index >= 15 is 0 Å². The van der Waals surface area contributed by atoms with Gasteiger partial charge in [0.15, 0.2) is 0 Å². The maximum absolute atomic E-state index is 12.4. The number of aliphatic carboxylic acids is 1. The summed E-state index contributed by atoms with van der Waals surface area (Å²) in [5, 5.41) is 9.17. The zero-order chi connectivity index (χ0) is 17.2. The predicted octanol–water partition coefficient (Wildman–Crippen LogP) is 3.68. The van der Waals surface area contributed by atoms with Gasteiger partial charge in [-0.1, -0.05) is 30.3 Å². The maximum Gasteiger partial charge on any atom is 0.410 e. The molecule has 1 N–H and O–H groups in total. The molecule has 130 valence electrons. The highest BCUT2D eigenvalue weighted by Gasteiger charge is 2.49. The van der Waals surface area contributed by atoms with Crippen molar-refractivity contribution in [3.63, 3.8) is 0 Å². The fraction of sp³-hybridized carbons (Fsp3) is 0.579. The lowest BCUT2D eigenvalue weighted by Crippen LogP contribution is -2.43. The molecule has 1 atom stereocenters. The SMILES string of the molecule is CC1N(C(=O)OCc2ccccc2)CCC12CCC(C(=O)O)CC2. The Morgan fingerprint density at radius 2 is 1.88 bits per heavy atom. The van der Waals surface area contributed by atoms with E-state index < -0.39 is 5.97 Å². The standard InChI is InChI=1S/C19H25NO4/c1-14-19(9-7-16(8-10-19)17(21)22)11-12-20(14)18(23)24-13-15-5-3-2-4-6-15/h2-6,14,16H,7-13H2,1H3,(H,21,22). The van der Waals surface area contributed by atoms with Gasteiger partial charge in [0.25, 0.3) is 0 Å². The number of carbonyl (C=O) groups excluding carboxylic acids is 1. The van der Waals surface area contributed by atoms with Crippen LogP contribution in [0.1, 0.15) is 44.6 Å². The third-order valence-electron chi connectivity index (χ3n) is 5.97. The molecule has 1 aromatic carbocycles. The Morgan fingerprint density at radius 3 is 2.50 bits per heavy atom. The van der Waals surface area contributed by atoms with E-state index in [1.54, 1.807) is 0 Å². The molecule has 2 fully saturated rings. The second kappa shape index (κ2) is 6.83. The third kappa shape index (κ3) is 3.25. The number of carbonyl (C=O) groups is 2. The Balaban J connectivity index is 1.57. The van der Waals surface area contributed by atoms with Crippen LogP contribution in [0.2, 0.25) is 0 Å². The molecule has 1 saturated carbocycles. The molecule has 0 aromatic heterocycles. The largest absolute Gasteiger partial charge is 0.481 e. The molecule has 3 rings (SSSR count). The average molecular weight is 331 g/mol. The monoisotopic (exact) mass is 331 g/mol. The summed E-state index contributed by atoms with van der Waals surface area (Å²) in [5.74, 6) is -0.906. The number of amides is 1.